The molecule has 1 saturated heterocycles. The molecule has 6 heteroatoms. The molecule has 1 aromatic rings. The number of carboxylic acids is 1. The van der Waals surface area contributed by atoms with Gasteiger partial charge >= 0.3 is 12.1 Å². The molecule has 6 nitrogen and oxygen atoms in total. The van der Waals surface area contributed by atoms with E-state index in [1.165, 1.54) is 4.90 Å². The number of likely N-dealkylation sites (tertiary alicyclic amines) is 1. The van der Waals surface area contributed by atoms with Gasteiger partial charge in [0.05, 0.1) is 12.0 Å². The first-order valence-electron chi connectivity index (χ1n) is 6.92. The Morgan fingerprint density at radius 1 is 1.43 bits per heavy atom. The van der Waals surface area contributed by atoms with Crippen LogP contribution in [0, 0.1) is 5.92 Å². The second-order valence-corrected chi connectivity index (χ2v) is 6.14. The van der Waals surface area contributed by atoms with Crippen molar-refractivity contribution in [2.24, 2.45) is 5.92 Å². The fourth-order valence-corrected chi connectivity index (χ4v) is 2.54. The molecule has 1 amide bonds. The number of nitrogens with zero attached hydrogens (tertiary/aromatic N) is 2. The molecule has 0 unspecified atom stereocenters. The van der Waals surface area contributed by atoms with Gasteiger partial charge in [0.1, 0.15) is 5.60 Å². The number of hydrogen-bond donors (Lipinski definition) is 1. The molecule has 21 heavy (non-hydrogen) atoms. The van der Waals surface area contributed by atoms with Crippen molar-refractivity contribution < 1.29 is 19.4 Å². The minimum atomic E-state index is -0.907. The molecule has 1 fully saturated rings. The zero-order chi connectivity index (χ0) is 15.6. The molecule has 114 valence electrons. The van der Waals surface area contributed by atoms with E-state index < -0.39 is 29.6 Å². The average molecular weight is 292 g/mol. The van der Waals surface area contributed by atoms with E-state index in [1.807, 2.05) is 0 Å². The van der Waals surface area contributed by atoms with Gasteiger partial charge in [-0.2, -0.15) is 0 Å². The predicted molar refractivity (Wildman–Crippen MR) is 75.7 cm³/mol. The molecule has 0 aromatic carbocycles. The first-order valence-corrected chi connectivity index (χ1v) is 6.92. The number of aliphatic carboxylic acids is 1. The maximum atomic E-state index is 12.3. The molecule has 0 aliphatic carbocycles. The molecule has 0 bridgehead atoms. The summed E-state index contributed by atoms with van der Waals surface area (Å²) in [5.74, 6) is -1.54. The molecule has 1 aliphatic heterocycles. The van der Waals surface area contributed by atoms with Gasteiger partial charge in [-0.15, -0.1) is 0 Å². The van der Waals surface area contributed by atoms with Crippen LogP contribution < -0.4 is 0 Å². The second kappa shape index (κ2) is 5.71. The Hall–Kier alpha value is -2.11. The Morgan fingerprint density at radius 3 is 2.67 bits per heavy atom. The molecule has 2 atom stereocenters. The summed E-state index contributed by atoms with van der Waals surface area (Å²) in [6.07, 6.45) is 3.14. The number of rotatable bonds is 2. The summed E-state index contributed by atoms with van der Waals surface area (Å²) in [5.41, 5.74) is 0.103. The minimum absolute atomic E-state index is 0.367. The second-order valence-electron chi connectivity index (χ2n) is 6.14. The Kier molecular flexibility index (Phi) is 4.16. The van der Waals surface area contributed by atoms with Crippen LogP contribution in [0.5, 0.6) is 0 Å². The summed E-state index contributed by atoms with van der Waals surface area (Å²) in [5, 5.41) is 9.38. The highest BCUT2D eigenvalue weighted by atomic mass is 16.6. The molecule has 0 radical (unpaired) electrons. The summed E-state index contributed by atoms with van der Waals surface area (Å²) in [6.45, 7) is 5.73. The topological polar surface area (TPSA) is 79.7 Å². The monoisotopic (exact) mass is 292 g/mol. The van der Waals surface area contributed by atoms with Crippen LogP contribution in [0.1, 0.15) is 38.8 Å². The van der Waals surface area contributed by atoms with E-state index in [4.69, 9.17) is 4.74 Å². The number of carboxylic acid groups (broad SMARTS) is 1. The van der Waals surface area contributed by atoms with Crippen molar-refractivity contribution >= 4 is 12.1 Å². The zero-order valence-electron chi connectivity index (χ0n) is 12.4. The maximum Gasteiger partial charge on any atom is 0.410 e. The van der Waals surface area contributed by atoms with Gasteiger partial charge in [0.2, 0.25) is 0 Å². The van der Waals surface area contributed by atoms with Crippen LogP contribution in [-0.2, 0) is 9.53 Å². The summed E-state index contributed by atoms with van der Waals surface area (Å²) in [6, 6.07) is 2.99. The standard InChI is InChI=1S/C15H20N2O4/c1-15(2,3)21-14(20)17-8-6-11(13(18)19)12(17)10-5-4-7-16-9-10/h4-5,7,9,11-12H,6,8H2,1-3H3,(H,18,19)/t11-,12+/m1/s1. The number of ether oxygens (including phenoxy) is 1. The van der Waals surface area contributed by atoms with E-state index in [0.717, 1.165) is 0 Å². The van der Waals surface area contributed by atoms with Crippen LogP contribution in [-0.4, -0.2) is 39.2 Å². The first kappa shape index (κ1) is 15.3. The number of aromatic nitrogens is 1. The van der Waals surface area contributed by atoms with Gasteiger partial charge in [0.25, 0.3) is 0 Å². The highest BCUT2D eigenvalue weighted by Crippen LogP contribution is 2.38. The molecular formula is C15H20N2O4. The fourth-order valence-electron chi connectivity index (χ4n) is 2.54. The Balaban J connectivity index is 2.28. The molecule has 2 rings (SSSR count). The van der Waals surface area contributed by atoms with Crippen molar-refractivity contribution in [1.29, 1.82) is 0 Å². The molecule has 2 heterocycles. The number of amides is 1. The maximum absolute atomic E-state index is 12.3. The number of carbonyl (C=O) groups excluding carboxylic acids is 1. The van der Waals surface area contributed by atoms with Crippen molar-refractivity contribution in [2.75, 3.05) is 6.54 Å². The lowest BCUT2D eigenvalue weighted by Gasteiger charge is -2.29. The third kappa shape index (κ3) is 3.51. The van der Waals surface area contributed by atoms with Crippen molar-refractivity contribution in [3.63, 3.8) is 0 Å². The quantitative estimate of drug-likeness (QED) is 0.905. The number of pyridine rings is 1. The Labute approximate surface area is 123 Å². The number of carbonyl (C=O) groups is 2. The lowest BCUT2D eigenvalue weighted by molar-refractivity contribution is -0.142. The van der Waals surface area contributed by atoms with Crippen LogP contribution in [0.25, 0.3) is 0 Å². The summed E-state index contributed by atoms with van der Waals surface area (Å²) >= 11 is 0. The lowest BCUT2D eigenvalue weighted by atomic mass is 9.95. The van der Waals surface area contributed by atoms with Gasteiger partial charge in [0.15, 0.2) is 0 Å². The normalized spacial score (nSPS) is 22.1. The third-order valence-electron chi connectivity index (χ3n) is 3.37. The van der Waals surface area contributed by atoms with Crippen LogP contribution in [0.15, 0.2) is 24.5 Å². The van der Waals surface area contributed by atoms with Gasteiger partial charge in [-0.3, -0.25) is 9.78 Å². The molecule has 0 spiro atoms. The molecule has 1 N–H and O–H groups in total. The summed E-state index contributed by atoms with van der Waals surface area (Å²) < 4.78 is 5.38. The average Bonchev–Trinajstić information content (AvgIpc) is 2.82. The van der Waals surface area contributed by atoms with Crippen molar-refractivity contribution in [3.8, 4) is 0 Å². The Bertz CT molecular complexity index is 524. The molecule has 1 aromatic heterocycles. The van der Waals surface area contributed by atoms with Gasteiger partial charge in [-0.05, 0) is 38.8 Å². The van der Waals surface area contributed by atoms with E-state index >= 15 is 0 Å². The van der Waals surface area contributed by atoms with Gasteiger partial charge in [-0.1, -0.05) is 6.07 Å². The van der Waals surface area contributed by atoms with Gasteiger partial charge < -0.3 is 14.7 Å². The highest BCUT2D eigenvalue weighted by Gasteiger charge is 2.43. The smallest absolute Gasteiger partial charge is 0.410 e. The van der Waals surface area contributed by atoms with Crippen LogP contribution in [0.2, 0.25) is 0 Å². The first-order chi connectivity index (χ1) is 9.79. The fraction of sp³-hybridized carbons (Fsp3) is 0.533. The van der Waals surface area contributed by atoms with E-state index in [9.17, 15) is 14.7 Å². The van der Waals surface area contributed by atoms with Crippen molar-refractivity contribution in [1.82, 2.24) is 9.88 Å². The van der Waals surface area contributed by atoms with Crippen molar-refractivity contribution in [3.05, 3.63) is 30.1 Å². The van der Waals surface area contributed by atoms with Gasteiger partial charge in [-0.25, -0.2) is 4.79 Å². The lowest BCUT2D eigenvalue weighted by Crippen LogP contribution is -2.38. The van der Waals surface area contributed by atoms with E-state index in [1.54, 1.807) is 45.3 Å². The van der Waals surface area contributed by atoms with E-state index in [-0.39, 0.29) is 0 Å². The number of hydrogen-bond acceptors (Lipinski definition) is 4. The summed E-state index contributed by atoms with van der Waals surface area (Å²) in [4.78, 5) is 29.2. The van der Waals surface area contributed by atoms with E-state index in [0.29, 0.717) is 18.5 Å². The third-order valence-corrected chi connectivity index (χ3v) is 3.37. The summed E-state index contributed by atoms with van der Waals surface area (Å²) in [7, 11) is 0. The van der Waals surface area contributed by atoms with Gasteiger partial charge in [0, 0.05) is 18.9 Å². The molecule has 0 saturated carbocycles. The van der Waals surface area contributed by atoms with Crippen LogP contribution >= 0.6 is 0 Å². The highest BCUT2D eigenvalue weighted by molar-refractivity contribution is 5.76. The van der Waals surface area contributed by atoms with Crippen LogP contribution in [0.4, 0.5) is 4.79 Å². The Morgan fingerprint density at radius 2 is 2.14 bits per heavy atom. The van der Waals surface area contributed by atoms with Crippen LogP contribution in [0.3, 0.4) is 0 Å². The molecule has 1 aliphatic rings. The molecular weight excluding hydrogens is 272 g/mol. The predicted octanol–water partition coefficient (Wildman–Crippen LogP) is 2.46. The SMILES string of the molecule is CC(C)(C)OC(=O)N1CC[C@@H](C(=O)O)[C@@H]1c1cccnc1. The zero-order valence-corrected chi connectivity index (χ0v) is 12.4. The van der Waals surface area contributed by atoms with Crippen molar-refractivity contribution in [2.45, 2.75) is 38.8 Å². The minimum Gasteiger partial charge on any atom is -0.481 e. The van der Waals surface area contributed by atoms with E-state index in [2.05, 4.69) is 4.98 Å². The largest absolute Gasteiger partial charge is 0.481 e.